The van der Waals surface area contributed by atoms with Crippen LogP contribution in [0.15, 0.2) is 39.8 Å². The predicted octanol–water partition coefficient (Wildman–Crippen LogP) is 3.20. The summed E-state index contributed by atoms with van der Waals surface area (Å²) in [5.41, 5.74) is 1.25. The number of nitrogens with one attached hydrogen (secondary N) is 1. The molecule has 0 atom stereocenters. The number of anilines is 2. The highest BCUT2D eigenvalue weighted by Crippen LogP contribution is 2.35. The van der Waals surface area contributed by atoms with Crippen LogP contribution in [0.1, 0.15) is 29.8 Å². The molecule has 10 heteroatoms. The number of morpholine rings is 1. The number of nitrogens with zero attached hydrogens (tertiary/aromatic N) is 2. The highest BCUT2D eigenvalue weighted by Gasteiger charge is 2.30. The molecular formula is C20H24ClN3O5S. The lowest BCUT2D eigenvalue weighted by Gasteiger charge is -2.31. The zero-order valence-electron chi connectivity index (χ0n) is 16.5. The Morgan fingerprint density at radius 3 is 2.47 bits per heavy atom. The predicted molar refractivity (Wildman–Crippen MR) is 114 cm³/mol. The van der Waals surface area contributed by atoms with E-state index in [0.29, 0.717) is 55.8 Å². The molecule has 162 valence electrons. The van der Waals surface area contributed by atoms with E-state index in [-0.39, 0.29) is 10.9 Å². The first-order valence-electron chi connectivity index (χ1n) is 9.99. The monoisotopic (exact) mass is 453 g/mol. The molecule has 0 bridgehead atoms. The SMILES string of the molecule is O=C(Nc1cccc(Cl)c1N1CCOCC1)c1ccc(S(=O)(=O)N2CCCCC2)o1. The zero-order valence-corrected chi connectivity index (χ0v) is 18.0. The molecule has 0 spiro atoms. The fourth-order valence-corrected chi connectivity index (χ4v) is 5.44. The van der Waals surface area contributed by atoms with Gasteiger partial charge >= 0.3 is 0 Å². The number of amides is 1. The summed E-state index contributed by atoms with van der Waals surface area (Å²) in [5.74, 6) is -0.606. The van der Waals surface area contributed by atoms with Gasteiger partial charge in [-0.2, -0.15) is 4.31 Å². The van der Waals surface area contributed by atoms with Crippen LogP contribution >= 0.6 is 11.6 Å². The standard InChI is InChI=1S/C20H24ClN3O5S/c21-15-5-4-6-16(19(15)23-11-13-28-14-12-23)22-20(25)17-7-8-18(29-17)30(26,27)24-9-2-1-3-10-24/h4-8H,1-3,9-14H2,(H,22,25). The number of hydrogen-bond acceptors (Lipinski definition) is 6. The third kappa shape index (κ3) is 4.34. The van der Waals surface area contributed by atoms with E-state index in [4.69, 9.17) is 20.8 Å². The number of halogens is 1. The van der Waals surface area contributed by atoms with Crippen LogP contribution in [-0.2, 0) is 14.8 Å². The summed E-state index contributed by atoms with van der Waals surface area (Å²) in [6, 6.07) is 7.97. The summed E-state index contributed by atoms with van der Waals surface area (Å²) in [6.45, 7) is 3.41. The second-order valence-corrected chi connectivity index (χ2v) is 9.55. The number of sulfonamides is 1. The summed E-state index contributed by atoms with van der Waals surface area (Å²) in [6.07, 6.45) is 2.67. The number of para-hydroxylation sites is 1. The third-order valence-corrected chi connectivity index (χ3v) is 7.35. The van der Waals surface area contributed by atoms with Crippen molar-refractivity contribution in [3.8, 4) is 0 Å². The quantitative estimate of drug-likeness (QED) is 0.747. The maximum atomic E-state index is 12.8. The van der Waals surface area contributed by atoms with Crippen LogP contribution in [0.3, 0.4) is 0 Å². The Hall–Kier alpha value is -2.07. The molecule has 1 aromatic carbocycles. The second-order valence-electron chi connectivity index (χ2n) is 7.27. The largest absolute Gasteiger partial charge is 0.438 e. The highest BCUT2D eigenvalue weighted by atomic mass is 35.5. The van der Waals surface area contributed by atoms with Crippen molar-refractivity contribution < 1.29 is 22.4 Å². The van der Waals surface area contributed by atoms with E-state index >= 15 is 0 Å². The molecule has 2 aromatic rings. The van der Waals surface area contributed by atoms with Crippen LogP contribution in [0.2, 0.25) is 5.02 Å². The molecule has 30 heavy (non-hydrogen) atoms. The second kappa shape index (κ2) is 8.97. The van der Waals surface area contributed by atoms with Crippen molar-refractivity contribution in [3.05, 3.63) is 41.1 Å². The van der Waals surface area contributed by atoms with Gasteiger partial charge < -0.3 is 19.4 Å². The number of carbonyl (C=O) groups is 1. The van der Waals surface area contributed by atoms with Crippen LogP contribution in [-0.4, -0.2) is 58.0 Å². The maximum absolute atomic E-state index is 12.8. The minimum atomic E-state index is -3.74. The van der Waals surface area contributed by atoms with Crippen molar-refractivity contribution in [1.82, 2.24) is 4.31 Å². The Bertz CT molecular complexity index is 1010. The van der Waals surface area contributed by atoms with Crippen molar-refractivity contribution in [2.75, 3.05) is 49.6 Å². The van der Waals surface area contributed by atoms with E-state index in [1.165, 1.54) is 16.4 Å². The zero-order chi connectivity index (χ0) is 21.1. The van der Waals surface area contributed by atoms with Crippen LogP contribution in [0.25, 0.3) is 0 Å². The Labute approximate surface area is 180 Å². The minimum absolute atomic E-state index is 0.0708. The number of carbonyl (C=O) groups excluding carboxylic acids is 1. The summed E-state index contributed by atoms with van der Waals surface area (Å²) < 4.78 is 37.7. The van der Waals surface area contributed by atoms with Gasteiger partial charge in [0.15, 0.2) is 5.76 Å². The topological polar surface area (TPSA) is 92.1 Å². The Balaban J connectivity index is 1.54. The van der Waals surface area contributed by atoms with Crippen LogP contribution in [0, 0.1) is 0 Å². The Kier molecular flexibility index (Phi) is 6.33. The molecule has 1 amide bonds. The summed E-state index contributed by atoms with van der Waals surface area (Å²) >= 11 is 6.40. The number of hydrogen-bond donors (Lipinski definition) is 1. The highest BCUT2D eigenvalue weighted by molar-refractivity contribution is 7.89. The van der Waals surface area contributed by atoms with Crippen LogP contribution < -0.4 is 10.2 Å². The molecule has 2 saturated heterocycles. The molecule has 1 N–H and O–H groups in total. The fourth-order valence-electron chi connectivity index (χ4n) is 3.72. The summed E-state index contributed by atoms with van der Waals surface area (Å²) in [5, 5.41) is 3.10. The Morgan fingerprint density at radius 1 is 1.00 bits per heavy atom. The normalized spacial score (nSPS) is 18.4. The first-order valence-corrected chi connectivity index (χ1v) is 11.8. The van der Waals surface area contributed by atoms with Crippen molar-refractivity contribution in [1.29, 1.82) is 0 Å². The minimum Gasteiger partial charge on any atom is -0.438 e. The smallest absolute Gasteiger partial charge is 0.291 e. The van der Waals surface area contributed by atoms with Gasteiger partial charge in [0, 0.05) is 26.2 Å². The molecule has 4 rings (SSSR count). The van der Waals surface area contributed by atoms with Crippen molar-refractivity contribution in [2.24, 2.45) is 0 Å². The van der Waals surface area contributed by atoms with E-state index in [9.17, 15) is 13.2 Å². The number of rotatable bonds is 5. The van der Waals surface area contributed by atoms with Gasteiger partial charge in [0.25, 0.3) is 15.9 Å². The first-order chi connectivity index (χ1) is 14.5. The maximum Gasteiger partial charge on any atom is 0.291 e. The molecule has 2 fully saturated rings. The summed E-state index contributed by atoms with van der Waals surface area (Å²) in [4.78, 5) is 14.8. The molecule has 0 aliphatic carbocycles. The number of ether oxygens (including phenoxy) is 1. The van der Waals surface area contributed by atoms with E-state index < -0.39 is 15.9 Å². The van der Waals surface area contributed by atoms with Crippen LogP contribution in [0.4, 0.5) is 11.4 Å². The van der Waals surface area contributed by atoms with E-state index in [1.807, 2.05) is 0 Å². The van der Waals surface area contributed by atoms with Gasteiger partial charge in [-0.25, -0.2) is 8.42 Å². The lowest BCUT2D eigenvalue weighted by molar-refractivity contribution is 0.0991. The molecule has 0 saturated carbocycles. The van der Waals surface area contributed by atoms with Crippen molar-refractivity contribution in [3.63, 3.8) is 0 Å². The van der Waals surface area contributed by atoms with Crippen LogP contribution in [0.5, 0.6) is 0 Å². The third-order valence-electron chi connectivity index (χ3n) is 5.28. The fraction of sp³-hybridized carbons (Fsp3) is 0.450. The lowest BCUT2D eigenvalue weighted by Crippen LogP contribution is -2.37. The van der Waals surface area contributed by atoms with Gasteiger partial charge in [-0.05, 0) is 37.1 Å². The average molecular weight is 454 g/mol. The van der Waals surface area contributed by atoms with E-state index in [0.717, 1.165) is 19.3 Å². The van der Waals surface area contributed by atoms with Gasteiger partial charge in [0.2, 0.25) is 5.09 Å². The number of piperidine rings is 1. The van der Waals surface area contributed by atoms with Gasteiger partial charge in [-0.15, -0.1) is 0 Å². The van der Waals surface area contributed by atoms with Crippen molar-refractivity contribution >= 4 is 38.9 Å². The average Bonchev–Trinajstić information content (AvgIpc) is 3.27. The molecule has 3 heterocycles. The molecule has 0 unspecified atom stereocenters. The lowest BCUT2D eigenvalue weighted by atomic mass is 10.2. The van der Waals surface area contributed by atoms with Gasteiger partial charge in [0.1, 0.15) is 0 Å². The van der Waals surface area contributed by atoms with E-state index in [2.05, 4.69) is 10.2 Å². The Morgan fingerprint density at radius 2 is 1.73 bits per heavy atom. The van der Waals surface area contributed by atoms with Gasteiger partial charge in [0.05, 0.1) is 29.6 Å². The molecule has 8 nitrogen and oxygen atoms in total. The summed E-state index contributed by atoms with van der Waals surface area (Å²) in [7, 11) is -3.74. The van der Waals surface area contributed by atoms with Gasteiger partial charge in [-0.3, -0.25) is 4.79 Å². The first kappa shape index (κ1) is 21.2. The molecule has 2 aliphatic heterocycles. The van der Waals surface area contributed by atoms with E-state index in [1.54, 1.807) is 18.2 Å². The molecule has 0 radical (unpaired) electrons. The number of benzene rings is 1. The van der Waals surface area contributed by atoms with Crippen molar-refractivity contribution in [2.45, 2.75) is 24.4 Å². The number of furan rings is 1. The molecular weight excluding hydrogens is 430 g/mol. The molecule has 2 aliphatic rings. The van der Waals surface area contributed by atoms with Gasteiger partial charge in [-0.1, -0.05) is 24.1 Å². The molecule has 1 aromatic heterocycles.